The second-order valence-corrected chi connectivity index (χ2v) is 6.86. The maximum Gasteiger partial charge on any atom is 0.0850 e. The lowest BCUT2D eigenvalue weighted by Gasteiger charge is -2.05. The molecule has 0 amide bonds. The molecule has 2 atom stereocenters. The molecule has 2 saturated heterocycles. The lowest BCUT2D eigenvalue weighted by Crippen LogP contribution is -1.92. The molecule has 0 aliphatic carbocycles. The van der Waals surface area contributed by atoms with Crippen LogP contribution < -0.4 is 0 Å². The minimum atomic E-state index is 0.464. The van der Waals surface area contributed by atoms with Gasteiger partial charge in [-0.1, -0.05) is 36.0 Å². The highest BCUT2D eigenvalue weighted by Crippen LogP contribution is 2.29. The Bertz CT molecular complexity index is 543. The van der Waals surface area contributed by atoms with E-state index in [4.69, 9.17) is 9.47 Å². The van der Waals surface area contributed by atoms with Crippen LogP contribution >= 0.6 is 11.8 Å². The van der Waals surface area contributed by atoms with Crippen LogP contribution in [-0.2, 0) is 22.3 Å². The van der Waals surface area contributed by atoms with Crippen molar-refractivity contribution in [2.75, 3.05) is 13.2 Å². The van der Waals surface area contributed by atoms with Crippen molar-refractivity contribution < 1.29 is 9.47 Å². The van der Waals surface area contributed by atoms with Gasteiger partial charge in [-0.05, 0) is 35.4 Å². The molecule has 2 nitrogen and oxygen atoms in total. The molecule has 0 spiro atoms. The second-order valence-electron chi connectivity index (χ2n) is 5.71. The van der Waals surface area contributed by atoms with Gasteiger partial charge >= 0.3 is 0 Å². The summed E-state index contributed by atoms with van der Waals surface area (Å²) in [6, 6.07) is 17.7. The first-order valence-corrected chi connectivity index (χ1v) is 8.26. The van der Waals surface area contributed by atoms with E-state index in [2.05, 4.69) is 48.5 Å². The van der Waals surface area contributed by atoms with Crippen LogP contribution in [0, 0.1) is 0 Å². The zero-order valence-electron chi connectivity index (χ0n) is 11.8. The zero-order chi connectivity index (χ0) is 14.1. The molecule has 2 unspecified atom stereocenters. The average molecular weight is 298 g/mol. The average Bonchev–Trinajstić information content (AvgIpc) is 3.40. The third-order valence-electron chi connectivity index (χ3n) is 3.81. The quantitative estimate of drug-likeness (QED) is 0.760. The summed E-state index contributed by atoms with van der Waals surface area (Å²) in [5, 5.41) is 0. The Balaban J connectivity index is 1.37. The standard InChI is InChI=1S/C18H18O2S/c1-5-17(6-2-13(1)9-15-11-19-15)21-18-7-3-14(4-8-18)10-16-12-20-16/h1-8,15-16H,9-12H2. The Morgan fingerprint density at radius 3 is 1.43 bits per heavy atom. The van der Waals surface area contributed by atoms with Crippen LogP contribution in [0.2, 0.25) is 0 Å². The van der Waals surface area contributed by atoms with Crippen LogP contribution in [0.3, 0.4) is 0 Å². The van der Waals surface area contributed by atoms with Crippen LogP contribution in [0.1, 0.15) is 11.1 Å². The van der Waals surface area contributed by atoms with Gasteiger partial charge in [0.2, 0.25) is 0 Å². The predicted octanol–water partition coefficient (Wildman–Crippen LogP) is 3.72. The first-order valence-electron chi connectivity index (χ1n) is 7.44. The highest BCUT2D eigenvalue weighted by molar-refractivity contribution is 7.99. The summed E-state index contributed by atoms with van der Waals surface area (Å²) in [6.45, 7) is 1.85. The number of hydrogen-bond donors (Lipinski definition) is 0. The van der Waals surface area contributed by atoms with Gasteiger partial charge in [0.05, 0.1) is 25.4 Å². The van der Waals surface area contributed by atoms with Crippen LogP contribution in [0.15, 0.2) is 58.3 Å². The van der Waals surface area contributed by atoms with Gasteiger partial charge in [0.15, 0.2) is 0 Å². The number of benzene rings is 2. The van der Waals surface area contributed by atoms with E-state index in [9.17, 15) is 0 Å². The molecule has 2 aliphatic rings. The molecule has 108 valence electrons. The van der Waals surface area contributed by atoms with Crippen molar-refractivity contribution >= 4 is 11.8 Å². The van der Waals surface area contributed by atoms with Gasteiger partial charge in [-0.3, -0.25) is 0 Å². The maximum absolute atomic E-state index is 5.27. The molecule has 3 heteroatoms. The van der Waals surface area contributed by atoms with Crippen molar-refractivity contribution in [1.29, 1.82) is 0 Å². The van der Waals surface area contributed by atoms with Gasteiger partial charge in [-0.2, -0.15) is 0 Å². The van der Waals surface area contributed by atoms with Crippen LogP contribution in [0.5, 0.6) is 0 Å². The normalized spacial score (nSPS) is 23.0. The SMILES string of the molecule is c1cc(Sc2ccc(CC3CO3)cc2)ccc1CC1CO1. The van der Waals surface area contributed by atoms with E-state index in [-0.39, 0.29) is 0 Å². The Morgan fingerprint density at radius 2 is 1.10 bits per heavy atom. The van der Waals surface area contributed by atoms with Gasteiger partial charge in [-0.15, -0.1) is 0 Å². The number of hydrogen-bond acceptors (Lipinski definition) is 3. The zero-order valence-corrected chi connectivity index (χ0v) is 12.6. The molecule has 0 aromatic heterocycles. The minimum absolute atomic E-state index is 0.464. The van der Waals surface area contributed by atoms with Gasteiger partial charge in [0.25, 0.3) is 0 Å². The molecule has 2 fully saturated rings. The molecule has 2 aromatic carbocycles. The lowest BCUT2D eigenvalue weighted by molar-refractivity contribution is 0.407. The molecule has 2 heterocycles. The van der Waals surface area contributed by atoms with E-state index < -0.39 is 0 Å². The van der Waals surface area contributed by atoms with E-state index in [0.29, 0.717) is 12.2 Å². The van der Waals surface area contributed by atoms with Gasteiger partial charge in [-0.25, -0.2) is 0 Å². The highest BCUT2D eigenvalue weighted by Gasteiger charge is 2.23. The Labute approximate surface area is 129 Å². The molecule has 2 aliphatic heterocycles. The van der Waals surface area contributed by atoms with E-state index in [1.807, 2.05) is 11.8 Å². The smallest absolute Gasteiger partial charge is 0.0850 e. The fourth-order valence-corrected chi connectivity index (χ4v) is 3.24. The molecule has 21 heavy (non-hydrogen) atoms. The Hall–Kier alpha value is -1.29. The fraction of sp³-hybridized carbons (Fsp3) is 0.333. The molecule has 2 aromatic rings. The van der Waals surface area contributed by atoms with Crippen molar-refractivity contribution in [2.45, 2.75) is 34.8 Å². The van der Waals surface area contributed by atoms with Crippen molar-refractivity contribution in [3.8, 4) is 0 Å². The summed E-state index contributed by atoms with van der Waals surface area (Å²) in [5.41, 5.74) is 2.73. The largest absolute Gasteiger partial charge is 0.373 e. The second kappa shape index (κ2) is 5.84. The van der Waals surface area contributed by atoms with E-state index >= 15 is 0 Å². The molecule has 4 rings (SSSR count). The lowest BCUT2D eigenvalue weighted by atomic mass is 10.1. The minimum Gasteiger partial charge on any atom is -0.373 e. The van der Waals surface area contributed by atoms with Crippen LogP contribution in [-0.4, -0.2) is 25.4 Å². The van der Waals surface area contributed by atoms with Gasteiger partial charge < -0.3 is 9.47 Å². The van der Waals surface area contributed by atoms with E-state index in [0.717, 1.165) is 26.1 Å². The topological polar surface area (TPSA) is 25.1 Å². The predicted molar refractivity (Wildman–Crippen MR) is 83.9 cm³/mol. The molecular formula is C18H18O2S. The van der Waals surface area contributed by atoms with E-state index in [1.165, 1.54) is 20.9 Å². The number of epoxide rings is 2. The van der Waals surface area contributed by atoms with Crippen molar-refractivity contribution in [1.82, 2.24) is 0 Å². The van der Waals surface area contributed by atoms with Crippen LogP contribution in [0.4, 0.5) is 0 Å². The van der Waals surface area contributed by atoms with Gasteiger partial charge in [0, 0.05) is 22.6 Å². The third-order valence-corrected chi connectivity index (χ3v) is 4.83. The summed E-state index contributed by atoms with van der Waals surface area (Å²) < 4.78 is 10.5. The van der Waals surface area contributed by atoms with Crippen LogP contribution in [0.25, 0.3) is 0 Å². The summed E-state index contributed by atoms with van der Waals surface area (Å²) in [7, 11) is 0. The molecule has 0 saturated carbocycles. The molecule has 0 N–H and O–H groups in total. The summed E-state index contributed by atoms with van der Waals surface area (Å²) in [4.78, 5) is 2.57. The summed E-state index contributed by atoms with van der Waals surface area (Å²) in [5.74, 6) is 0. The van der Waals surface area contributed by atoms with Crippen molar-refractivity contribution in [3.05, 3.63) is 59.7 Å². The number of ether oxygens (including phenoxy) is 2. The first kappa shape index (κ1) is 13.4. The third kappa shape index (κ3) is 3.88. The number of rotatable bonds is 6. The van der Waals surface area contributed by atoms with Gasteiger partial charge in [0.1, 0.15) is 0 Å². The van der Waals surface area contributed by atoms with E-state index in [1.54, 1.807) is 0 Å². The first-order chi connectivity index (χ1) is 10.3. The van der Waals surface area contributed by atoms with Crippen molar-refractivity contribution in [3.63, 3.8) is 0 Å². The molecule has 0 bridgehead atoms. The van der Waals surface area contributed by atoms with Crippen molar-refractivity contribution in [2.24, 2.45) is 0 Å². The molecule has 0 radical (unpaired) electrons. The fourth-order valence-electron chi connectivity index (χ4n) is 2.42. The summed E-state index contributed by atoms with van der Waals surface area (Å²) in [6.07, 6.45) is 3.02. The monoisotopic (exact) mass is 298 g/mol. The summed E-state index contributed by atoms with van der Waals surface area (Å²) >= 11 is 1.81. The Kier molecular flexibility index (Phi) is 3.72. The Morgan fingerprint density at radius 1 is 0.714 bits per heavy atom. The molecular weight excluding hydrogens is 280 g/mol. The maximum atomic E-state index is 5.27. The highest BCUT2D eigenvalue weighted by atomic mass is 32.2.